The first kappa shape index (κ1) is 16.9. The van der Waals surface area contributed by atoms with Gasteiger partial charge in [0, 0.05) is 13.2 Å². The maximum atomic E-state index is 12.2. The summed E-state index contributed by atoms with van der Waals surface area (Å²) in [5, 5.41) is 13.1. The predicted molar refractivity (Wildman–Crippen MR) is 95.9 cm³/mol. The molecule has 4 atom stereocenters. The topological polar surface area (TPSA) is 58.6 Å². The van der Waals surface area contributed by atoms with Crippen LogP contribution >= 0.6 is 0 Å². The van der Waals surface area contributed by atoms with Crippen LogP contribution in [0.25, 0.3) is 0 Å². The number of aliphatic hydroxyl groups excluding tert-OH is 1. The molecule has 0 radical (unpaired) electrons. The molecule has 4 heteroatoms. The number of benzene rings is 1. The lowest BCUT2D eigenvalue weighted by Crippen LogP contribution is -2.59. The number of hydrogen-bond acceptors (Lipinski definition) is 3. The van der Waals surface area contributed by atoms with Crippen LogP contribution < -0.4 is 5.32 Å². The van der Waals surface area contributed by atoms with E-state index in [-0.39, 0.29) is 16.9 Å². The Balaban J connectivity index is 1.37. The van der Waals surface area contributed by atoms with E-state index in [1.807, 2.05) is 30.3 Å². The maximum absolute atomic E-state index is 12.2. The number of carbonyl (C=O) groups excluding carboxylic acids is 1. The van der Waals surface area contributed by atoms with E-state index in [4.69, 9.17) is 4.74 Å². The molecule has 4 bridgehead atoms. The molecule has 0 heterocycles. The van der Waals surface area contributed by atoms with Gasteiger partial charge in [-0.15, -0.1) is 0 Å². The van der Waals surface area contributed by atoms with Gasteiger partial charge in [-0.2, -0.15) is 0 Å². The van der Waals surface area contributed by atoms with Crippen LogP contribution in [0.15, 0.2) is 30.3 Å². The number of hydrogen-bond donors (Lipinski definition) is 2. The van der Waals surface area contributed by atoms with Gasteiger partial charge in [0.2, 0.25) is 0 Å². The van der Waals surface area contributed by atoms with Crippen LogP contribution in [0.5, 0.6) is 0 Å². The highest BCUT2D eigenvalue weighted by Crippen LogP contribution is 2.69. The number of rotatable bonds is 5. The first-order valence-electron chi connectivity index (χ1n) is 9.49. The number of aliphatic hydroxyl groups is 1. The van der Waals surface area contributed by atoms with Gasteiger partial charge in [0.25, 0.3) is 0 Å². The van der Waals surface area contributed by atoms with Gasteiger partial charge in [0.15, 0.2) is 0 Å². The summed E-state index contributed by atoms with van der Waals surface area (Å²) in [7, 11) is 0. The molecule has 0 saturated heterocycles. The van der Waals surface area contributed by atoms with E-state index in [2.05, 4.69) is 12.2 Å². The van der Waals surface area contributed by atoms with Crippen LogP contribution in [-0.4, -0.2) is 24.4 Å². The van der Waals surface area contributed by atoms with Crippen LogP contribution in [0.1, 0.15) is 51.0 Å². The van der Waals surface area contributed by atoms with Crippen molar-refractivity contribution in [3.63, 3.8) is 0 Å². The molecule has 4 aliphatic carbocycles. The third-order valence-electron chi connectivity index (χ3n) is 6.73. The molecule has 4 unspecified atom stereocenters. The first-order chi connectivity index (χ1) is 11.9. The number of ether oxygens (including phenoxy) is 1. The van der Waals surface area contributed by atoms with E-state index in [0.717, 1.165) is 24.8 Å². The largest absolute Gasteiger partial charge is 0.445 e. The van der Waals surface area contributed by atoms with E-state index >= 15 is 0 Å². The van der Waals surface area contributed by atoms with E-state index in [1.54, 1.807) is 0 Å². The number of nitrogens with one attached hydrogen (secondary N) is 1. The van der Waals surface area contributed by atoms with Crippen LogP contribution in [0.2, 0.25) is 0 Å². The Morgan fingerprint density at radius 3 is 2.60 bits per heavy atom. The summed E-state index contributed by atoms with van der Waals surface area (Å²) in [4.78, 5) is 12.2. The highest BCUT2D eigenvalue weighted by atomic mass is 16.5. The van der Waals surface area contributed by atoms with Crippen LogP contribution in [0, 0.1) is 22.2 Å². The molecule has 1 amide bonds. The molecule has 4 aliphatic rings. The minimum atomic E-state index is -0.331. The first-order valence-corrected chi connectivity index (χ1v) is 9.49. The monoisotopic (exact) mass is 343 g/mol. The molecule has 2 N–H and O–H groups in total. The van der Waals surface area contributed by atoms with Crippen molar-refractivity contribution in [1.29, 1.82) is 0 Å². The standard InChI is InChI=1S/C21H29NO3/c1-19-7-17-8-20(11-19,13-21(9-17,12-19)15-23)14-22-18(24)25-10-16-5-3-2-4-6-16/h2-6,17,23H,7-15H2,1H3,(H,22,24). The third kappa shape index (κ3) is 3.29. The molecule has 1 aromatic rings. The number of carbonyl (C=O) groups is 1. The quantitative estimate of drug-likeness (QED) is 0.853. The minimum absolute atomic E-state index is 0.0871. The van der Waals surface area contributed by atoms with Crippen LogP contribution in [0.3, 0.4) is 0 Å². The van der Waals surface area contributed by atoms with Crippen molar-refractivity contribution in [1.82, 2.24) is 5.32 Å². The highest BCUT2D eigenvalue weighted by Gasteiger charge is 2.61. The van der Waals surface area contributed by atoms with Gasteiger partial charge in [0.1, 0.15) is 6.61 Å². The highest BCUT2D eigenvalue weighted by molar-refractivity contribution is 5.67. The molecule has 25 heavy (non-hydrogen) atoms. The van der Waals surface area contributed by atoms with Crippen LogP contribution in [-0.2, 0) is 11.3 Å². The Morgan fingerprint density at radius 2 is 1.88 bits per heavy atom. The summed E-state index contributed by atoms with van der Waals surface area (Å²) < 4.78 is 5.37. The average Bonchev–Trinajstić information content (AvgIpc) is 2.57. The van der Waals surface area contributed by atoms with Crippen molar-refractivity contribution in [3.05, 3.63) is 35.9 Å². The SMILES string of the molecule is CC12CC3CC(CO)(C1)CC(CNC(=O)OCc1ccccc1)(C3)C2. The fourth-order valence-electron chi connectivity index (χ4n) is 6.77. The lowest BCUT2D eigenvalue weighted by molar-refractivity contribution is -0.164. The Kier molecular flexibility index (Phi) is 4.06. The average molecular weight is 343 g/mol. The van der Waals surface area contributed by atoms with E-state index < -0.39 is 0 Å². The summed E-state index contributed by atoms with van der Waals surface area (Å²) in [5.74, 6) is 0.704. The molecule has 136 valence electrons. The molecule has 4 saturated carbocycles. The molecule has 5 rings (SSSR count). The van der Waals surface area contributed by atoms with Crippen molar-refractivity contribution in [2.75, 3.05) is 13.2 Å². The lowest BCUT2D eigenvalue weighted by atomic mass is 9.40. The van der Waals surface area contributed by atoms with Gasteiger partial charge in [-0.3, -0.25) is 0 Å². The zero-order chi connectivity index (χ0) is 17.5. The normalized spacial score (nSPS) is 38.6. The molecule has 0 aliphatic heterocycles. The van der Waals surface area contributed by atoms with Gasteiger partial charge in [-0.25, -0.2) is 4.79 Å². The molecular weight excluding hydrogens is 314 g/mol. The Labute approximate surface area is 150 Å². The Hall–Kier alpha value is -1.55. The van der Waals surface area contributed by atoms with E-state index in [9.17, 15) is 9.90 Å². The van der Waals surface area contributed by atoms with E-state index in [1.165, 1.54) is 19.3 Å². The summed E-state index contributed by atoms with van der Waals surface area (Å²) in [6, 6.07) is 9.76. The van der Waals surface area contributed by atoms with Crippen molar-refractivity contribution in [2.45, 2.75) is 52.1 Å². The fourth-order valence-corrected chi connectivity index (χ4v) is 6.77. The molecule has 0 aromatic heterocycles. The molecule has 4 fully saturated rings. The van der Waals surface area contributed by atoms with Crippen molar-refractivity contribution in [2.24, 2.45) is 22.2 Å². The number of alkyl carbamates (subject to hydrolysis) is 1. The van der Waals surface area contributed by atoms with Gasteiger partial charge in [0.05, 0.1) is 0 Å². The smallest absolute Gasteiger partial charge is 0.407 e. The predicted octanol–water partition coefficient (Wildman–Crippen LogP) is 3.88. The van der Waals surface area contributed by atoms with Gasteiger partial charge >= 0.3 is 6.09 Å². The maximum Gasteiger partial charge on any atom is 0.407 e. The second kappa shape index (κ2) is 6.01. The summed E-state index contributed by atoms with van der Waals surface area (Å²) in [5.41, 5.74) is 1.56. The molecule has 0 spiro atoms. The second-order valence-corrected chi connectivity index (χ2v) is 9.39. The summed E-state index contributed by atoms with van der Waals surface area (Å²) >= 11 is 0. The van der Waals surface area contributed by atoms with E-state index in [0.29, 0.717) is 31.1 Å². The lowest BCUT2D eigenvalue weighted by Gasteiger charge is -2.65. The summed E-state index contributed by atoms with van der Waals surface area (Å²) in [6.45, 7) is 3.65. The van der Waals surface area contributed by atoms with Gasteiger partial charge in [-0.05, 0) is 66.3 Å². The fraction of sp³-hybridized carbons (Fsp3) is 0.667. The molecule has 4 nitrogen and oxygen atoms in total. The second-order valence-electron chi connectivity index (χ2n) is 9.39. The van der Waals surface area contributed by atoms with Crippen molar-refractivity contribution >= 4 is 6.09 Å². The van der Waals surface area contributed by atoms with Gasteiger partial charge < -0.3 is 15.2 Å². The third-order valence-corrected chi connectivity index (χ3v) is 6.73. The Morgan fingerprint density at radius 1 is 1.16 bits per heavy atom. The van der Waals surface area contributed by atoms with Crippen molar-refractivity contribution in [3.8, 4) is 0 Å². The Bertz CT molecular complexity index is 648. The summed E-state index contributed by atoms with van der Waals surface area (Å²) in [6.07, 6.45) is 6.66. The molecule has 1 aromatic carbocycles. The van der Waals surface area contributed by atoms with Crippen LogP contribution in [0.4, 0.5) is 4.79 Å². The number of amides is 1. The zero-order valence-electron chi connectivity index (χ0n) is 15.1. The molecular formula is C21H29NO3. The van der Waals surface area contributed by atoms with Gasteiger partial charge in [-0.1, -0.05) is 37.3 Å². The van der Waals surface area contributed by atoms with Crippen molar-refractivity contribution < 1.29 is 14.6 Å². The minimum Gasteiger partial charge on any atom is -0.445 e. The zero-order valence-corrected chi connectivity index (χ0v) is 15.1.